The molecule has 78 valence electrons. The highest BCUT2D eigenvalue weighted by Gasteiger charge is 2.32. The van der Waals surface area contributed by atoms with Gasteiger partial charge >= 0.3 is 5.97 Å². The fourth-order valence-electron chi connectivity index (χ4n) is 1.46. The second kappa shape index (κ2) is 5.60. The Morgan fingerprint density at radius 3 is 2.93 bits per heavy atom. The van der Waals surface area contributed by atoms with Gasteiger partial charge in [0.2, 0.25) is 0 Å². The average molecular weight is 196 g/mol. The van der Waals surface area contributed by atoms with Crippen LogP contribution in [0.2, 0.25) is 0 Å². The van der Waals surface area contributed by atoms with E-state index in [1.807, 2.05) is 31.2 Å². The molecule has 0 unspecified atom stereocenters. The number of aliphatic hydroxyl groups excluding tert-OH is 1. The van der Waals surface area contributed by atoms with Crippen molar-refractivity contribution in [1.29, 1.82) is 0 Å². The van der Waals surface area contributed by atoms with Gasteiger partial charge in [0.25, 0.3) is 0 Å². The molecule has 1 saturated heterocycles. The third-order valence-electron chi connectivity index (χ3n) is 2.23. The van der Waals surface area contributed by atoms with Crippen molar-refractivity contribution in [2.75, 3.05) is 6.61 Å². The molecule has 1 rings (SSSR count). The monoisotopic (exact) mass is 196 g/mol. The van der Waals surface area contributed by atoms with E-state index in [2.05, 4.69) is 0 Å². The first kappa shape index (κ1) is 11.0. The summed E-state index contributed by atoms with van der Waals surface area (Å²) in [6, 6.07) is 0. The van der Waals surface area contributed by atoms with Gasteiger partial charge in [-0.05, 0) is 13.3 Å². The van der Waals surface area contributed by atoms with Gasteiger partial charge in [0.15, 0.2) is 0 Å². The summed E-state index contributed by atoms with van der Waals surface area (Å²) in [6.07, 6.45) is 8.76. The van der Waals surface area contributed by atoms with Crippen LogP contribution in [0.25, 0.3) is 0 Å². The maximum Gasteiger partial charge on any atom is 0.309 e. The third-order valence-corrected chi connectivity index (χ3v) is 2.23. The Kier molecular flexibility index (Phi) is 4.40. The summed E-state index contributed by atoms with van der Waals surface area (Å²) in [4.78, 5) is 11.2. The highest BCUT2D eigenvalue weighted by molar-refractivity contribution is 5.74. The lowest BCUT2D eigenvalue weighted by molar-refractivity contribution is -0.145. The number of esters is 1. The summed E-state index contributed by atoms with van der Waals surface area (Å²) < 4.78 is 4.94. The van der Waals surface area contributed by atoms with Crippen molar-refractivity contribution in [3.8, 4) is 0 Å². The van der Waals surface area contributed by atoms with Crippen LogP contribution in [0.1, 0.15) is 19.8 Å². The molecule has 1 aliphatic rings. The van der Waals surface area contributed by atoms with Gasteiger partial charge in [0.05, 0.1) is 12.5 Å². The molecule has 1 fully saturated rings. The van der Waals surface area contributed by atoms with Gasteiger partial charge in [-0.15, -0.1) is 0 Å². The SMILES string of the molecule is C/C=C/C=C\C[C@H]1C[C@@H](CO)OC1=O. The van der Waals surface area contributed by atoms with Gasteiger partial charge < -0.3 is 9.84 Å². The van der Waals surface area contributed by atoms with Gasteiger partial charge in [-0.1, -0.05) is 24.3 Å². The third kappa shape index (κ3) is 3.00. The predicted molar refractivity (Wildman–Crippen MR) is 53.6 cm³/mol. The van der Waals surface area contributed by atoms with E-state index in [4.69, 9.17) is 9.84 Å². The zero-order chi connectivity index (χ0) is 10.4. The second-order valence-electron chi connectivity index (χ2n) is 3.36. The van der Waals surface area contributed by atoms with Crippen molar-refractivity contribution in [2.45, 2.75) is 25.9 Å². The Balaban J connectivity index is 2.35. The van der Waals surface area contributed by atoms with Crippen LogP contribution in [0.3, 0.4) is 0 Å². The van der Waals surface area contributed by atoms with Crippen molar-refractivity contribution in [3.05, 3.63) is 24.3 Å². The van der Waals surface area contributed by atoms with Crippen molar-refractivity contribution in [1.82, 2.24) is 0 Å². The molecule has 1 heterocycles. The Morgan fingerprint density at radius 1 is 1.57 bits per heavy atom. The summed E-state index contributed by atoms with van der Waals surface area (Å²) in [7, 11) is 0. The molecule has 0 aromatic carbocycles. The fourth-order valence-corrected chi connectivity index (χ4v) is 1.46. The van der Waals surface area contributed by atoms with Crippen LogP contribution in [-0.4, -0.2) is 23.8 Å². The predicted octanol–water partition coefficient (Wildman–Crippen LogP) is 1.43. The van der Waals surface area contributed by atoms with Crippen LogP contribution in [0.5, 0.6) is 0 Å². The molecule has 1 aliphatic heterocycles. The molecule has 3 heteroatoms. The second-order valence-corrected chi connectivity index (χ2v) is 3.36. The summed E-state index contributed by atoms with van der Waals surface area (Å²) in [5.41, 5.74) is 0. The van der Waals surface area contributed by atoms with Crippen molar-refractivity contribution >= 4 is 5.97 Å². The first-order valence-corrected chi connectivity index (χ1v) is 4.87. The molecule has 0 spiro atoms. The van der Waals surface area contributed by atoms with Gasteiger partial charge in [-0.3, -0.25) is 4.79 Å². The van der Waals surface area contributed by atoms with Gasteiger partial charge in [0.1, 0.15) is 6.10 Å². The van der Waals surface area contributed by atoms with Gasteiger partial charge in [0, 0.05) is 6.42 Å². The Labute approximate surface area is 84.1 Å². The van der Waals surface area contributed by atoms with E-state index >= 15 is 0 Å². The number of rotatable bonds is 4. The van der Waals surface area contributed by atoms with Crippen LogP contribution in [-0.2, 0) is 9.53 Å². The minimum Gasteiger partial charge on any atom is -0.460 e. The molecule has 0 aromatic heterocycles. The summed E-state index contributed by atoms with van der Waals surface area (Å²) >= 11 is 0. The largest absolute Gasteiger partial charge is 0.460 e. The number of hydrogen-bond acceptors (Lipinski definition) is 3. The topological polar surface area (TPSA) is 46.5 Å². The van der Waals surface area contributed by atoms with Gasteiger partial charge in [-0.25, -0.2) is 0 Å². The highest BCUT2D eigenvalue weighted by Crippen LogP contribution is 2.23. The maximum absolute atomic E-state index is 11.2. The smallest absolute Gasteiger partial charge is 0.309 e. The van der Waals surface area contributed by atoms with Crippen LogP contribution < -0.4 is 0 Å². The summed E-state index contributed by atoms with van der Waals surface area (Å²) in [5.74, 6) is -0.261. The molecule has 0 saturated carbocycles. The van der Waals surface area contributed by atoms with Crippen molar-refractivity contribution in [3.63, 3.8) is 0 Å². The van der Waals surface area contributed by atoms with Crippen molar-refractivity contribution < 1.29 is 14.6 Å². The van der Waals surface area contributed by atoms with Gasteiger partial charge in [-0.2, -0.15) is 0 Å². The molecule has 0 aliphatic carbocycles. The van der Waals surface area contributed by atoms with Crippen LogP contribution in [0.15, 0.2) is 24.3 Å². The zero-order valence-corrected chi connectivity index (χ0v) is 8.35. The van der Waals surface area contributed by atoms with E-state index in [-0.39, 0.29) is 24.6 Å². The number of ether oxygens (including phenoxy) is 1. The average Bonchev–Trinajstić information content (AvgIpc) is 2.54. The first-order chi connectivity index (χ1) is 6.77. The molecule has 0 aromatic rings. The molecule has 14 heavy (non-hydrogen) atoms. The Hall–Kier alpha value is -1.09. The summed E-state index contributed by atoms with van der Waals surface area (Å²) in [5, 5.41) is 8.80. The standard InChI is InChI=1S/C11H16O3/c1-2-3-4-5-6-9-7-10(8-12)14-11(9)13/h2-5,9-10,12H,6-8H2,1H3/b3-2+,5-4-/t9-,10-/m0/s1. The quantitative estimate of drug-likeness (QED) is 0.546. The molecule has 0 bridgehead atoms. The minimum atomic E-state index is -0.289. The number of cyclic esters (lactones) is 1. The van der Waals surface area contributed by atoms with E-state index in [0.29, 0.717) is 12.8 Å². The molecule has 2 atom stereocenters. The highest BCUT2D eigenvalue weighted by atomic mass is 16.6. The number of carbonyl (C=O) groups is 1. The lowest BCUT2D eigenvalue weighted by Gasteiger charge is -2.01. The molecule has 0 amide bonds. The van der Waals surface area contributed by atoms with E-state index < -0.39 is 0 Å². The maximum atomic E-state index is 11.2. The normalized spacial score (nSPS) is 27.7. The lowest BCUT2D eigenvalue weighted by Crippen LogP contribution is -2.10. The summed E-state index contributed by atoms with van der Waals surface area (Å²) in [6.45, 7) is 1.87. The van der Waals surface area contributed by atoms with E-state index in [0.717, 1.165) is 0 Å². The number of hydrogen-bond donors (Lipinski definition) is 1. The molecule has 3 nitrogen and oxygen atoms in total. The van der Waals surface area contributed by atoms with E-state index in [1.165, 1.54) is 0 Å². The lowest BCUT2D eigenvalue weighted by atomic mass is 10.0. The fraction of sp³-hybridized carbons (Fsp3) is 0.545. The number of allylic oxidation sites excluding steroid dienone is 4. The molecule has 0 radical (unpaired) electrons. The minimum absolute atomic E-state index is 0.0686. The van der Waals surface area contributed by atoms with Crippen LogP contribution in [0, 0.1) is 5.92 Å². The van der Waals surface area contributed by atoms with Crippen LogP contribution >= 0.6 is 0 Å². The van der Waals surface area contributed by atoms with E-state index in [1.54, 1.807) is 0 Å². The Morgan fingerprint density at radius 2 is 2.36 bits per heavy atom. The number of carbonyl (C=O) groups excluding carboxylic acids is 1. The Bertz CT molecular complexity index is 243. The van der Waals surface area contributed by atoms with Crippen LogP contribution in [0.4, 0.5) is 0 Å². The van der Waals surface area contributed by atoms with E-state index in [9.17, 15) is 4.79 Å². The van der Waals surface area contributed by atoms with Crippen molar-refractivity contribution in [2.24, 2.45) is 5.92 Å². The first-order valence-electron chi connectivity index (χ1n) is 4.87. The number of aliphatic hydroxyl groups is 1. The zero-order valence-electron chi connectivity index (χ0n) is 8.35. The molecule has 1 N–H and O–H groups in total. The molecular weight excluding hydrogens is 180 g/mol. The molecular formula is C11H16O3.